The third-order valence-electron chi connectivity index (χ3n) is 7.00. The molecule has 1 aromatic heterocycles. The molecule has 0 saturated carbocycles. The number of halogens is 5. The quantitative estimate of drug-likeness (QED) is 0.199. The summed E-state index contributed by atoms with van der Waals surface area (Å²) in [5.41, 5.74) is 2.56. The molecule has 0 aliphatic carbocycles. The van der Waals surface area contributed by atoms with Gasteiger partial charge in [0.15, 0.2) is 11.6 Å². The Kier molecular flexibility index (Phi) is 10.6. The summed E-state index contributed by atoms with van der Waals surface area (Å²) in [6.07, 6.45) is -3.96. The van der Waals surface area contributed by atoms with Crippen molar-refractivity contribution in [2.75, 3.05) is 20.6 Å². The van der Waals surface area contributed by atoms with Crippen molar-refractivity contribution >= 4 is 39.3 Å². The molecule has 1 aliphatic heterocycles. The largest absolute Gasteiger partial charge is 0.490 e. The summed E-state index contributed by atoms with van der Waals surface area (Å²) in [6.45, 7) is 1.27. The van der Waals surface area contributed by atoms with Crippen LogP contribution >= 0.6 is 11.3 Å². The first-order valence-electron chi connectivity index (χ1n) is 13.9. The van der Waals surface area contributed by atoms with Crippen molar-refractivity contribution in [1.82, 2.24) is 9.80 Å². The highest BCUT2D eigenvalue weighted by molar-refractivity contribution is 7.19. The second kappa shape index (κ2) is 14.3. The Morgan fingerprint density at radius 3 is 2.30 bits per heavy atom. The van der Waals surface area contributed by atoms with E-state index in [1.54, 1.807) is 36.4 Å². The minimum absolute atomic E-state index is 0.205. The van der Waals surface area contributed by atoms with Crippen LogP contribution in [0.1, 0.15) is 33.6 Å². The first-order chi connectivity index (χ1) is 21.6. The maximum absolute atomic E-state index is 14.5. The number of carboxylic acids is 2. The number of ether oxygens (including phenoxy) is 1. The summed E-state index contributed by atoms with van der Waals surface area (Å²) < 4.78 is 67.3. The molecule has 0 spiro atoms. The van der Waals surface area contributed by atoms with Crippen LogP contribution < -0.4 is 4.74 Å². The molecule has 1 fully saturated rings. The highest BCUT2D eigenvalue weighted by Crippen LogP contribution is 2.38. The molecule has 5 rings (SSSR count). The number of aliphatic carboxylic acids is 2. The summed E-state index contributed by atoms with van der Waals surface area (Å²) in [6, 6.07) is 16.3. The second-order valence-corrected chi connectivity index (χ2v) is 11.9. The van der Waals surface area contributed by atoms with Crippen LogP contribution in [0.25, 0.3) is 21.2 Å². The third kappa shape index (κ3) is 8.17. The number of carbonyl (C=O) groups is 3. The maximum Gasteiger partial charge on any atom is 0.490 e. The number of nitrogens with zero attached hydrogens (tertiary/aromatic N) is 2. The molecule has 1 aliphatic rings. The molecule has 244 valence electrons. The zero-order chi connectivity index (χ0) is 33.8. The lowest BCUT2D eigenvalue weighted by atomic mass is 10.0. The fourth-order valence-electron chi connectivity index (χ4n) is 4.92. The van der Waals surface area contributed by atoms with Crippen molar-refractivity contribution in [3.05, 3.63) is 88.3 Å². The second-order valence-electron chi connectivity index (χ2n) is 10.7. The molecule has 4 aromatic rings. The third-order valence-corrected chi connectivity index (χ3v) is 8.16. The first kappa shape index (κ1) is 34.3. The molecule has 8 nitrogen and oxygen atoms in total. The van der Waals surface area contributed by atoms with E-state index in [1.807, 2.05) is 37.2 Å². The van der Waals surface area contributed by atoms with Gasteiger partial charge in [-0.15, -0.1) is 11.3 Å². The SMILES string of the molecule is CN(C)Cc1cc2c(F)c(F)cc(-c3ccc(OCc4cccc(C(=O)N5CCC[C@H]5C(=O)O)c4)cc3)c2s1.O=C(O)C(F)(F)F. The number of benzene rings is 3. The van der Waals surface area contributed by atoms with Crippen molar-refractivity contribution in [2.45, 2.75) is 38.2 Å². The topological polar surface area (TPSA) is 107 Å². The Balaban J connectivity index is 0.000000617. The monoisotopic (exact) mass is 664 g/mol. The van der Waals surface area contributed by atoms with Gasteiger partial charge in [0.2, 0.25) is 0 Å². The lowest BCUT2D eigenvalue weighted by Gasteiger charge is -2.21. The van der Waals surface area contributed by atoms with E-state index in [4.69, 9.17) is 14.6 Å². The molecule has 1 saturated heterocycles. The van der Waals surface area contributed by atoms with Crippen LogP contribution in [0.15, 0.2) is 60.7 Å². The van der Waals surface area contributed by atoms with E-state index in [2.05, 4.69) is 0 Å². The highest BCUT2D eigenvalue weighted by Gasteiger charge is 2.38. The highest BCUT2D eigenvalue weighted by atomic mass is 32.1. The van der Waals surface area contributed by atoms with Gasteiger partial charge in [-0.3, -0.25) is 4.79 Å². The molecule has 1 atom stereocenters. The van der Waals surface area contributed by atoms with Gasteiger partial charge in [-0.1, -0.05) is 24.3 Å². The normalized spacial score (nSPS) is 14.7. The van der Waals surface area contributed by atoms with E-state index in [-0.39, 0.29) is 17.9 Å². The minimum Gasteiger partial charge on any atom is -0.489 e. The van der Waals surface area contributed by atoms with Gasteiger partial charge in [-0.25, -0.2) is 18.4 Å². The summed E-state index contributed by atoms with van der Waals surface area (Å²) in [7, 11) is 3.86. The molecule has 0 unspecified atom stereocenters. The Morgan fingerprint density at radius 1 is 1.02 bits per heavy atom. The Hall–Kier alpha value is -4.56. The lowest BCUT2D eigenvalue weighted by Crippen LogP contribution is -2.40. The number of alkyl halides is 3. The van der Waals surface area contributed by atoms with Gasteiger partial charge in [0.05, 0.1) is 0 Å². The van der Waals surface area contributed by atoms with Gasteiger partial charge < -0.3 is 24.7 Å². The fourth-order valence-corrected chi connectivity index (χ4v) is 6.22. The van der Waals surface area contributed by atoms with Gasteiger partial charge in [0, 0.05) is 39.2 Å². The molecule has 0 radical (unpaired) electrons. The van der Waals surface area contributed by atoms with Crippen molar-refractivity contribution < 1.29 is 51.3 Å². The summed E-state index contributed by atoms with van der Waals surface area (Å²) >= 11 is 1.45. The zero-order valence-electron chi connectivity index (χ0n) is 24.6. The van der Waals surface area contributed by atoms with Crippen LogP contribution in [0, 0.1) is 11.6 Å². The predicted octanol–water partition coefficient (Wildman–Crippen LogP) is 6.81. The summed E-state index contributed by atoms with van der Waals surface area (Å²) in [5.74, 6) is -5.18. The van der Waals surface area contributed by atoms with Gasteiger partial charge in [-0.2, -0.15) is 13.2 Å². The molecule has 2 N–H and O–H groups in total. The van der Waals surface area contributed by atoms with Crippen molar-refractivity contribution in [3.63, 3.8) is 0 Å². The van der Waals surface area contributed by atoms with Crippen LogP contribution in [0.4, 0.5) is 22.0 Å². The first-order valence-corrected chi connectivity index (χ1v) is 14.7. The number of hydrogen-bond donors (Lipinski definition) is 2. The number of rotatable bonds is 8. The molecule has 0 bridgehead atoms. The Morgan fingerprint density at radius 2 is 1.70 bits per heavy atom. The van der Waals surface area contributed by atoms with E-state index in [1.165, 1.54) is 22.3 Å². The number of fused-ring (bicyclic) bond motifs is 1. The average Bonchev–Trinajstić information content (AvgIpc) is 3.66. The molecule has 46 heavy (non-hydrogen) atoms. The summed E-state index contributed by atoms with van der Waals surface area (Å²) in [4.78, 5) is 37.6. The fraction of sp³-hybridized carbons (Fsp3) is 0.281. The van der Waals surface area contributed by atoms with Crippen LogP contribution in [0.5, 0.6) is 5.75 Å². The number of hydrogen-bond acceptors (Lipinski definition) is 6. The number of likely N-dealkylation sites (tertiary alicyclic amines) is 1. The number of thiophene rings is 1. The smallest absolute Gasteiger partial charge is 0.489 e. The molecular weight excluding hydrogens is 635 g/mol. The van der Waals surface area contributed by atoms with Gasteiger partial charge in [-0.05, 0) is 74.5 Å². The predicted molar refractivity (Wildman–Crippen MR) is 161 cm³/mol. The zero-order valence-corrected chi connectivity index (χ0v) is 25.4. The molecule has 3 aromatic carbocycles. The average molecular weight is 665 g/mol. The number of carboxylic acid groups (broad SMARTS) is 2. The Bertz CT molecular complexity index is 1740. The molecular formula is C32H29F5N2O6S. The van der Waals surface area contributed by atoms with E-state index >= 15 is 0 Å². The van der Waals surface area contributed by atoms with Crippen LogP contribution in [0.3, 0.4) is 0 Å². The molecule has 2 heterocycles. The molecule has 1 amide bonds. The molecule has 14 heteroatoms. The number of carbonyl (C=O) groups excluding carboxylic acids is 1. The minimum atomic E-state index is -5.08. The summed E-state index contributed by atoms with van der Waals surface area (Å²) in [5, 5.41) is 16.8. The van der Waals surface area contributed by atoms with Crippen LogP contribution in [-0.4, -0.2) is 70.7 Å². The van der Waals surface area contributed by atoms with Gasteiger partial charge >= 0.3 is 18.1 Å². The van der Waals surface area contributed by atoms with E-state index in [0.717, 1.165) is 16.0 Å². The van der Waals surface area contributed by atoms with Gasteiger partial charge in [0.25, 0.3) is 5.91 Å². The maximum atomic E-state index is 14.5. The van der Waals surface area contributed by atoms with Crippen molar-refractivity contribution in [1.29, 1.82) is 0 Å². The standard InChI is InChI=1S/C30H28F2N2O4S.C2HF3O2/c1-33(2)16-22-14-24-27(32)25(31)15-23(28(24)39-22)19-8-10-21(11-9-19)38-17-18-5-3-6-20(13-18)29(35)34-12-4-7-26(34)30(36)37;3-2(4,5)1(6)7/h3,5-6,8-11,13-15,26H,4,7,12,16-17H2,1-2H3,(H,36,37);(H,6,7)/t26-;/m0./s1. The van der Waals surface area contributed by atoms with Crippen LogP contribution in [0.2, 0.25) is 0 Å². The van der Waals surface area contributed by atoms with Gasteiger partial charge in [0.1, 0.15) is 18.4 Å². The lowest BCUT2D eigenvalue weighted by molar-refractivity contribution is -0.192. The van der Waals surface area contributed by atoms with E-state index < -0.39 is 35.8 Å². The Labute approximate surface area is 264 Å². The van der Waals surface area contributed by atoms with Crippen molar-refractivity contribution in [2.24, 2.45) is 0 Å². The van der Waals surface area contributed by atoms with E-state index in [9.17, 15) is 36.6 Å². The number of amides is 1. The van der Waals surface area contributed by atoms with Crippen LogP contribution in [-0.2, 0) is 22.7 Å². The van der Waals surface area contributed by atoms with Crippen molar-refractivity contribution in [3.8, 4) is 16.9 Å². The van der Waals surface area contributed by atoms with E-state index in [0.29, 0.717) is 47.5 Å².